The maximum Gasteiger partial charge on any atom is 0.308 e. The van der Waals surface area contributed by atoms with Crippen LogP contribution in [0.2, 0.25) is 0 Å². The van der Waals surface area contributed by atoms with Gasteiger partial charge in [-0.3, -0.25) is 4.79 Å². The van der Waals surface area contributed by atoms with Crippen LogP contribution in [0.25, 0.3) is 0 Å². The highest BCUT2D eigenvalue weighted by molar-refractivity contribution is 5.69. The average Bonchev–Trinajstić information content (AvgIpc) is 2.44. The normalized spacial score (nSPS) is 10.4. The molecule has 0 bridgehead atoms. The Morgan fingerprint density at radius 2 is 1.40 bits per heavy atom. The van der Waals surface area contributed by atoms with E-state index in [4.69, 9.17) is 23.7 Å². The van der Waals surface area contributed by atoms with Crippen LogP contribution in [0.15, 0.2) is 12.7 Å². The van der Waals surface area contributed by atoms with Crippen molar-refractivity contribution in [3.8, 4) is 0 Å². The molecule has 0 rings (SSSR count). The first-order valence-electron chi connectivity index (χ1n) is 6.88. The molecule has 0 heterocycles. The highest BCUT2D eigenvalue weighted by Gasteiger charge is 2.00. The Balaban J connectivity index is 3.02. The zero-order valence-corrected chi connectivity index (χ0v) is 12.3. The van der Waals surface area contributed by atoms with Gasteiger partial charge in [0.25, 0.3) is 0 Å². The molecule has 0 aromatic carbocycles. The number of carbonyl (C=O) groups excluding carboxylic acids is 1. The molecular formula is C14H26O6. The first kappa shape index (κ1) is 19.1. The van der Waals surface area contributed by atoms with Crippen LogP contribution in [-0.2, 0) is 28.5 Å². The molecular weight excluding hydrogens is 264 g/mol. The lowest BCUT2D eigenvalue weighted by atomic mass is 10.5. The summed E-state index contributed by atoms with van der Waals surface area (Å²) >= 11 is 0. The molecule has 0 fully saturated rings. The summed E-state index contributed by atoms with van der Waals surface area (Å²) in [5.74, 6) is -0.236. The largest absolute Gasteiger partial charge is 0.466 e. The van der Waals surface area contributed by atoms with Crippen molar-refractivity contribution in [2.45, 2.75) is 13.3 Å². The summed E-state index contributed by atoms with van der Waals surface area (Å²) in [5.41, 5.74) is 0. The second kappa shape index (κ2) is 16.1. The van der Waals surface area contributed by atoms with Gasteiger partial charge >= 0.3 is 5.97 Å². The van der Waals surface area contributed by atoms with Crippen LogP contribution in [0, 0.1) is 0 Å². The van der Waals surface area contributed by atoms with Crippen molar-refractivity contribution >= 4 is 5.97 Å². The molecule has 0 aliphatic carbocycles. The quantitative estimate of drug-likeness (QED) is 0.256. The van der Waals surface area contributed by atoms with E-state index < -0.39 is 0 Å². The predicted octanol–water partition coefficient (Wildman–Crippen LogP) is 1.19. The van der Waals surface area contributed by atoms with Crippen LogP contribution in [0.3, 0.4) is 0 Å². The SMILES string of the molecule is C=CCOCCOCCOCCOCCC(=O)OCC. The molecule has 0 aromatic rings. The van der Waals surface area contributed by atoms with Crippen LogP contribution in [0.5, 0.6) is 0 Å². The van der Waals surface area contributed by atoms with E-state index in [2.05, 4.69) is 6.58 Å². The summed E-state index contributed by atoms with van der Waals surface area (Å²) in [6.45, 7) is 9.73. The second-order valence-corrected chi connectivity index (χ2v) is 3.76. The monoisotopic (exact) mass is 290 g/mol. The van der Waals surface area contributed by atoms with Crippen LogP contribution >= 0.6 is 0 Å². The highest BCUT2D eigenvalue weighted by Crippen LogP contribution is 1.88. The van der Waals surface area contributed by atoms with Gasteiger partial charge in [-0.2, -0.15) is 0 Å². The number of ether oxygens (including phenoxy) is 5. The van der Waals surface area contributed by atoms with E-state index in [1.165, 1.54) is 0 Å². The third kappa shape index (κ3) is 15.1. The molecule has 6 heteroatoms. The van der Waals surface area contributed by atoms with E-state index in [1.54, 1.807) is 13.0 Å². The van der Waals surface area contributed by atoms with Gasteiger partial charge in [0.2, 0.25) is 0 Å². The zero-order valence-electron chi connectivity index (χ0n) is 12.3. The molecule has 0 saturated heterocycles. The molecule has 0 radical (unpaired) electrons. The maximum absolute atomic E-state index is 11.0. The Kier molecular flexibility index (Phi) is 15.3. The van der Waals surface area contributed by atoms with Crippen molar-refractivity contribution in [1.82, 2.24) is 0 Å². The molecule has 0 unspecified atom stereocenters. The zero-order chi connectivity index (χ0) is 14.9. The predicted molar refractivity (Wildman–Crippen MR) is 74.7 cm³/mol. The first-order valence-corrected chi connectivity index (χ1v) is 6.88. The molecule has 6 nitrogen and oxygen atoms in total. The molecule has 118 valence electrons. The van der Waals surface area contributed by atoms with E-state index in [0.29, 0.717) is 59.5 Å². The Morgan fingerprint density at radius 3 is 1.90 bits per heavy atom. The van der Waals surface area contributed by atoms with Crippen LogP contribution in [0.1, 0.15) is 13.3 Å². The molecule has 20 heavy (non-hydrogen) atoms. The van der Waals surface area contributed by atoms with Crippen molar-refractivity contribution in [3.63, 3.8) is 0 Å². The Bertz CT molecular complexity index is 232. The van der Waals surface area contributed by atoms with Crippen molar-refractivity contribution in [2.75, 3.05) is 59.5 Å². The number of hydrogen-bond donors (Lipinski definition) is 0. The van der Waals surface area contributed by atoms with Gasteiger partial charge in [0.05, 0.1) is 65.9 Å². The van der Waals surface area contributed by atoms with E-state index in [0.717, 1.165) is 0 Å². The number of rotatable bonds is 15. The maximum atomic E-state index is 11.0. The van der Waals surface area contributed by atoms with E-state index >= 15 is 0 Å². The standard InChI is InChI=1S/C14H26O6/c1-3-6-16-8-10-18-12-13-19-11-9-17-7-5-14(15)20-4-2/h3H,1,4-13H2,2H3. The third-order valence-electron chi connectivity index (χ3n) is 2.11. The fraction of sp³-hybridized carbons (Fsp3) is 0.786. The van der Waals surface area contributed by atoms with Gasteiger partial charge in [0, 0.05) is 0 Å². The molecule has 0 aliphatic heterocycles. The molecule has 0 spiro atoms. The average molecular weight is 290 g/mol. The molecule has 0 aromatic heterocycles. The van der Waals surface area contributed by atoms with Crippen LogP contribution in [0.4, 0.5) is 0 Å². The Labute approximate surface area is 121 Å². The van der Waals surface area contributed by atoms with Gasteiger partial charge in [-0.15, -0.1) is 6.58 Å². The lowest BCUT2D eigenvalue weighted by molar-refractivity contribution is -0.144. The molecule has 0 saturated carbocycles. The Hall–Kier alpha value is -0.950. The van der Waals surface area contributed by atoms with Crippen LogP contribution < -0.4 is 0 Å². The minimum absolute atomic E-state index is 0.236. The Morgan fingerprint density at radius 1 is 0.900 bits per heavy atom. The molecule has 0 atom stereocenters. The molecule has 0 N–H and O–H groups in total. The number of hydrogen-bond acceptors (Lipinski definition) is 6. The van der Waals surface area contributed by atoms with Gasteiger partial charge in [-0.05, 0) is 6.92 Å². The van der Waals surface area contributed by atoms with Gasteiger partial charge in [0.1, 0.15) is 0 Å². The summed E-state index contributed by atoms with van der Waals surface area (Å²) in [4.78, 5) is 11.0. The molecule has 0 aliphatic rings. The van der Waals surface area contributed by atoms with E-state index in [-0.39, 0.29) is 12.4 Å². The van der Waals surface area contributed by atoms with Crippen LogP contribution in [-0.4, -0.2) is 65.4 Å². The minimum atomic E-state index is -0.236. The van der Waals surface area contributed by atoms with Crippen molar-refractivity contribution < 1.29 is 28.5 Å². The minimum Gasteiger partial charge on any atom is -0.466 e. The summed E-state index contributed by atoms with van der Waals surface area (Å²) in [6.07, 6.45) is 1.98. The van der Waals surface area contributed by atoms with Gasteiger partial charge in [-0.1, -0.05) is 6.08 Å². The lowest BCUT2D eigenvalue weighted by Crippen LogP contribution is -2.13. The van der Waals surface area contributed by atoms with Crippen molar-refractivity contribution in [2.24, 2.45) is 0 Å². The van der Waals surface area contributed by atoms with E-state index in [1.807, 2.05) is 0 Å². The third-order valence-corrected chi connectivity index (χ3v) is 2.11. The topological polar surface area (TPSA) is 63.2 Å². The van der Waals surface area contributed by atoms with Gasteiger partial charge in [-0.25, -0.2) is 0 Å². The smallest absolute Gasteiger partial charge is 0.308 e. The fourth-order valence-electron chi connectivity index (χ4n) is 1.22. The second-order valence-electron chi connectivity index (χ2n) is 3.76. The van der Waals surface area contributed by atoms with Gasteiger partial charge < -0.3 is 23.7 Å². The van der Waals surface area contributed by atoms with Crippen molar-refractivity contribution in [1.29, 1.82) is 0 Å². The van der Waals surface area contributed by atoms with Gasteiger partial charge in [0.15, 0.2) is 0 Å². The summed E-state index contributed by atoms with van der Waals surface area (Å²) in [7, 11) is 0. The fourth-order valence-corrected chi connectivity index (χ4v) is 1.22. The van der Waals surface area contributed by atoms with E-state index in [9.17, 15) is 4.79 Å². The number of carbonyl (C=O) groups is 1. The summed E-state index contributed by atoms with van der Waals surface area (Å²) < 4.78 is 25.7. The number of esters is 1. The first-order chi connectivity index (χ1) is 9.81. The van der Waals surface area contributed by atoms with Crippen molar-refractivity contribution in [3.05, 3.63) is 12.7 Å². The summed E-state index contributed by atoms with van der Waals surface area (Å²) in [6, 6.07) is 0. The highest BCUT2D eigenvalue weighted by atomic mass is 16.6. The summed E-state index contributed by atoms with van der Waals surface area (Å²) in [5, 5.41) is 0. The lowest BCUT2D eigenvalue weighted by Gasteiger charge is -2.07. The molecule has 0 amide bonds.